The lowest BCUT2D eigenvalue weighted by Gasteiger charge is -2.37. The van der Waals surface area contributed by atoms with Gasteiger partial charge in [-0.1, -0.05) is 30.3 Å². The first kappa shape index (κ1) is 25.7. The zero-order valence-electron chi connectivity index (χ0n) is 22.8. The Balaban J connectivity index is 1.58. The summed E-state index contributed by atoms with van der Waals surface area (Å²) in [5.74, 6) is 1.93. The van der Waals surface area contributed by atoms with Crippen LogP contribution in [0.25, 0.3) is 16.7 Å². The SMILES string of the molecule is COC(=O)CN(C)COc1cccc(C2Oc3cccc(OC)c3-c3ccc4c(c32)C(C)=CC(C)(C)N4)c1. The summed E-state index contributed by atoms with van der Waals surface area (Å²) < 4.78 is 23.3. The average Bonchev–Trinajstić information content (AvgIpc) is 2.89. The Bertz CT molecular complexity index is 1410. The highest BCUT2D eigenvalue weighted by Crippen LogP contribution is 2.53. The van der Waals surface area contributed by atoms with E-state index in [-0.39, 0.29) is 30.9 Å². The van der Waals surface area contributed by atoms with Crippen molar-refractivity contribution in [2.75, 3.05) is 39.9 Å². The smallest absolute Gasteiger partial charge is 0.319 e. The van der Waals surface area contributed by atoms with Crippen molar-refractivity contribution in [3.8, 4) is 28.4 Å². The largest absolute Gasteiger partial charge is 0.496 e. The van der Waals surface area contributed by atoms with Crippen LogP contribution in [0.2, 0.25) is 0 Å². The van der Waals surface area contributed by atoms with Crippen molar-refractivity contribution in [1.29, 1.82) is 0 Å². The van der Waals surface area contributed by atoms with Crippen molar-refractivity contribution in [3.05, 3.63) is 77.4 Å². The zero-order valence-corrected chi connectivity index (χ0v) is 22.8. The fourth-order valence-electron chi connectivity index (χ4n) is 5.38. The van der Waals surface area contributed by atoms with Gasteiger partial charge in [0.15, 0.2) is 6.10 Å². The summed E-state index contributed by atoms with van der Waals surface area (Å²) in [6.45, 7) is 6.89. The first-order valence-corrected chi connectivity index (χ1v) is 12.7. The fraction of sp³-hybridized carbons (Fsp3) is 0.323. The number of hydrogen-bond acceptors (Lipinski definition) is 7. The Kier molecular flexibility index (Phi) is 6.80. The normalized spacial score (nSPS) is 16.7. The molecule has 198 valence electrons. The number of esters is 1. The summed E-state index contributed by atoms with van der Waals surface area (Å²) in [4.78, 5) is 13.3. The number of fused-ring (bicyclic) bond motifs is 5. The lowest BCUT2D eigenvalue weighted by molar-refractivity contribution is -0.142. The van der Waals surface area contributed by atoms with Crippen LogP contribution in [0, 0.1) is 0 Å². The average molecular weight is 515 g/mol. The van der Waals surface area contributed by atoms with E-state index in [0.717, 1.165) is 45.0 Å². The number of carbonyl (C=O) groups excluding carboxylic acids is 1. The van der Waals surface area contributed by atoms with Crippen molar-refractivity contribution < 1.29 is 23.7 Å². The predicted octanol–water partition coefficient (Wildman–Crippen LogP) is 5.89. The molecule has 0 radical (unpaired) electrons. The number of anilines is 1. The molecule has 0 saturated heterocycles. The number of ether oxygens (including phenoxy) is 4. The van der Waals surface area contributed by atoms with Crippen molar-refractivity contribution in [3.63, 3.8) is 0 Å². The molecule has 0 aromatic heterocycles. The number of methoxy groups -OCH3 is 2. The van der Waals surface area contributed by atoms with Crippen molar-refractivity contribution in [1.82, 2.24) is 4.90 Å². The summed E-state index contributed by atoms with van der Waals surface area (Å²) in [6, 6.07) is 18.2. The minimum Gasteiger partial charge on any atom is -0.496 e. The number of rotatable bonds is 7. The van der Waals surface area contributed by atoms with Gasteiger partial charge in [-0.25, -0.2) is 0 Å². The molecule has 0 spiro atoms. The molecule has 2 aliphatic rings. The van der Waals surface area contributed by atoms with Crippen LogP contribution < -0.4 is 19.5 Å². The van der Waals surface area contributed by atoms with Crippen LogP contribution in [0.3, 0.4) is 0 Å². The van der Waals surface area contributed by atoms with Crippen LogP contribution in [0.5, 0.6) is 17.2 Å². The second-order valence-electron chi connectivity index (χ2n) is 10.4. The van der Waals surface area contributed by atoms with Gasteiger partial charge in [-0.15, -0.1) is 0 Å². The van der Waals surface area contributed by atoms with Gasteiger partial charge in [-0.05, 0) is 69.3 Å². The molecule has 0 amide bonds. The number of allylic oxidation sites excluding steroid dienone is 1. The number of likely N-dealkylation sites (N-methyl/N-ethyl adjacent to an activating group) is 1. The molecule has 3 aromatic carbocycles. The van der Waals surface area contributed by atoms with E-state index in [1.807, 2.05) is 43.4 Å². The zero-order chi connectivity index (χ0) is 27.0. The van der Waals surface area contributed by atoms with Crippen molar-refractivity contribution in [2.45, 2.75) is 32.4 Å². The van der Waals surface area contributed by atoms with Gasteiger partial charge in [-0.3, -0.25) is 9.69 Å². The van der Waals surface area contributed by atoms with E-state index in [1.54, 1.807) is 12.0 Å². The lowest BCUT2D eigenvalue weighted by Crippen LogP contribution is -2.32. The third kappa shape index (κ3) is 4.82. The number of hydrogen-bond donors (Lipinski definition) is 1. The maximum absolute atomic E-state index is 11.6. The standard InChI is InChI=1S/C31H34N2O5/c1-19-16-31(2,3)32-23-14-13-22-28-24(35-5)11-8-12-25(28)38-30(29(22)27(19)23)20-9-7-10-21(15-20)37-18-33(4)17-26(34)36-6/h7-16,30,32H,17-18H2,1-6H3. The highest BCUT2D eigenvalue weighted by atomic mass is 16.5. The van der Waals surface area contributed by atoms with E-state index in [0.29, 0.717) is 5.75 Å². The number of benzene rings is 3. The molecule has 0 saturated carbocycles. The van der Waals surface area contributed by atoms with Gasteiger partial charge in [-0.2, -0.15) is 0 Å². The first-order valence-electron chi connectivity index (χ1n) is 12.7. The molecule has 7 heteroatoms. The molecule has 0 bridgehead atoms. The minimum atomic E-state index is -0.359. The maximum Gasteiger partial charge on any atom is 0.319 e. The molecule has 2 aliphatic heterocycles. The minimum absolute atomic E-state index is 0.148. The van der Waals surface area contributed by atoms with Crippen LogP contribution >= 0.6 is 0 Å². The van der Waals surface area contributed by atoms with Crippen LogP contribution in [0.1, 0.15) is 43.6 Å². The molecular formula is C31H34N2O5. The van der Waals surface area contributed by atoms with E-state index in [2.05, 4.69) is 50.4 Å². The van der Waals surface area contributed by atoms with E-state index in [4.69, 9.17) is 18.9 Å². The monoisotopic (exact) mass is 514 g/mol. The summed E-state index contributed by atoms with van der Waals surface area (Å²) in [6.07, 6.45) is 1.91. The Hall–Kier alpha value is -3.97. The molecule has 38 heavy (non-hydrogen) atoms. The number of nitrogens with one attached hydrogen (secondary N) is 1. The molecule has 2 heterocycles. The molecule has 7 nitrogen and oxygen atoms in total. The van der Waals surface area contributed by atoms with Gasteiger partial charge in [0.1, 0.15) is 24.0 Å². The van der Waals surface area contributed by atoms with Gasteiger partial charge in [0.2, 0.25) is 0 Å². The molecule has 3 aromatic rings. The topological polar surface area (TPSA) is 69.3 Å². The van der Waals surface area contributed by atoms with E-state index < -0.39 is 0 Å². The van der Waals surface area contributed by atoms with Crippen LogP contribution in [-0.4, -0.2) is 51.0 Å². The van der Waals surface area contributed by atoms with Crippen molar-refractivity contribution in [2.24, 2.45) is 0 Å². The maximum atomic E-state index is 11.6. The summed E-state index contributed by atoms with van der Waals surface area (Å²) in [5.41, 5.74) is 7.38. The highest BCUT2D eigenvalue weighted by molar-refractivity contribution is 5.91. The first-order chi connectivity index (χ1) is 18.2. The van der Waals surface area contributed by atoms with Gasteiger partial charge in [0, 0.05) is 22.4 Å². The number of carbonyl (C=O) groups is 1. The lowest BCUT2D eigenvalue weighted by atomic mass is 9.80. The summed E-state index contributed by atoms with van der Waals surface area (Å²) in [5, 5.41) is 3.67. The van der Waals surface area contributed by atoms with Crippen LogP contribution in [0.15, 0.2) is 60.7 Å². The van der Waals surface area contributed by atoms with Gasteiger partial charge in [0.25, 0.3) is 0 Å². The molecule has 1 N–H and O–H groups in total. The second kappa shape index (κ2) is 10.1. The predicted molar refractivity (Wildman–Crippen MR) is 149 cm³/mol. The van der Waals surface area contributed by atoms with E-state index in [1.165, 1.54) is 12.7 Å². The number of nitrogens with zero attached hydrogens (tertiary/aromatic N) is 1. The Morgan fingerprint density at radius 2 is 1.87 bits per heavy atom. The third-order valence-corrected chi connectivity index (χ3v) is 6.90. The Labute approximate surface area is 224 Å². The fourth-order valence-corrected chi connectivity index (χ4v) is 5.38. The second-order valence-corrected chi connectivity index (χ2v) is 10.4. The summed E-state index contributed by atoms with van der Waals surface area (Å²) >= 11 is 0. The molecule has 5 rings (SSSR count). The van der Waals surface area contributed by atoms with E-state index >= 15 is 0 Å². The van der Waals surface area contributed by atoms with Gasteiger partial charge < -0.3 is 24.3 Å². The molecule has 1 atom stereocenters. The third-order valence-electron chi connectivity index (χ3n) is 6.90. The Morgan fingerprint density at radius 3 is 2.63 bits per heavy atom. The van der Waals surface area contributed by atoms with Gasteiger partial charge in [0.05, 0.1) is 31.9 Å². The van der Waals surface area contributed by atoms with E-state index in [9.17, 15) is 4.79 Å². The van der Waals surface area contributed by atoms with Gasteiger partial charge >= 0.3 is 5.97 Å². The molecule has 1 unspecified atom stereocenters. The van der Waals surface area contributed by atoms with Crippen LogP contribution in [0.4, 0.5) is 5.69 Å². The molecule has 0 aliphatic carbocycles. The summed E-state index contributed by atoms with van der Waals surface area (Å²) in [7, 11) is 4.87. The highest BCUT2D eigenvalue weighted by Gasteiger charge is 2.35. The molecule has 0 fully saturated rings. The molecular weight excluding hydrogens is 480 g/mol. The van der Waals surface area contributed by atoms with Crippen LogP contribution in [-0.2, 0) is 9.53 Å². The Morgan fingerprint density at radius 1 is 1.08 bits per heavy atom. The van der Waals surface area contributed by atoms with Crippen molar-refractivity contribution >= 4 is 17.2 Å². The quantitative estimate of drug-likeness (QED) is 0.311.